The molecule has 22 heavy (non-hydrogen) atoms. The fourth-order valence-corrected chi connectivity index (χ4v) is 3.90. The highest BCUT2D eigenvalue weighted by Crippen LogP contribution is 2.30. The Hall–Kier alpha value is -1.85. The van der Waals surface area contributed by atoms with E-state index in [0.29, 0.717) is 10.1 Å². The number of aryl methyl sites for hydroxylation is 3. The first-order valence-electron chi connectivity index (χ1n) is 6.94. The molecule has 0 atom stereocenters. The molecule has 1 aromatic carbocycles. The van der Waals surface area contributed by atoms with Gasteiger partial charge in [0.2, 0.25) is 0 Å². The number of thioether (sulfide) groups is 1. The number of nitrogens with one attached hydrogen (secondary N) is 1. The Bertz CT molecular complexity index is 803. The van der Waals surface area contributed by atoms with Crippen LogP contribution >= 0.6 is 23.1 Å². The lowest BCUT2D eigenvalue weighted by Gasteiger charge is -2.02. The van der Waals surface area contributed by atoms with Gasteiger partial charge in [-0.3, -0.25) is 4.79 Å². The molecule has 1 aliphatic heterocycles. The van der Waals surface area contributed by atoms with E-state index in [4.69, 9.17) is 0 Å². The zero-order valence-electron chi connectivity index (χ0n) is 12.6. The van der Waals surface area contributed by atoms with Crippen LogP contribution in [0.1, 0.15) is 20.9 Å². The van der Waals surface area contributed by atoms with Crippen molar-refractivity contribution >= 4 is 45.9 Å². The van der Waals surface area contributed by atoms with Gasteiger partial charge in [0, 0.05) is 9.75 Å². The molecular formula is C17H16N2OS2. The minimum Gasteiger partial charge on any atom is -0.300 e. The summed E-state index contributed by atoms with van der Waals surface area (Å²) in [6.45, 7) is 6.14. The minimum atomic E-state index is -0.0837. The van der Waals surface area contributed by atoms with Crippen LogP contribution in [0.15, 0.2) is 40.2 Å². The SMILES string of the molecule is Cc1ccc(N=C2NC(=O)/C(=C/c3ccc(C)s3)S2)c(C)c1. The largest absolute Gasteiger partial charge is 0.300 e. The van der Waals surface area contributed by atoms with E-state index >= 15 is 0 Å². The van der Waals surface area contributed by atoms with Crippen molar-refractivity contribution in [2.75, 3.05) is 0 Å². The first-order chi connectivity index (χ1) is 10.5. The summed E-state index contributed by atoms with van der Waals surface area (Å²) in [4.78, 5) is 19.6. The molecule has 3 nitrogen and oxygen atoms in total. The van der Waals surface area contributed by atoms with E-state index in [-0.39, 0.29) is 5.91 Å². The molecule has 0 bridgehead atoms. The van der Waals surface area contributed by atoms with Crippen molar-refractivity contribution in [1.29, 1.82) is 0 Å². The van der Waals surface area contributed by atoms with Gasteiger partial charge in [-0.05, 0) is 62.4 Å². The van der Waals surface area contributed by atoms with Crippen LogP contribution in [0.5, 0.6) is 0 Å². The van der Waals surface area contributed by atoms with Crippen LogP contribution in [0.3, 0.4) is 0 Å². The van der Waals surface area contributed by atoms with Gasteiger partial charge in [0.1, 0.15) is 0 Å². The molecule has 0 saturated carbocycles. The number of carbonyl (C=O) groups is 1. The third-order valence-electron chi connectivity index (χ3n) is 3.26. The quantitative estimate of drug-likeness (QED) is 0.821. The Morgan fingerprint density at radius 3 is 2.64 bits per heavy atom. The van der Waals surface area contributed by atoms with Crippen molar-refractivity contribution in [2.24, 2.45) is 4.99 Å². The molecule has 2 aromatic rings. The average molecular weight is 328 g/mol. The highest BCUT2D eigenvalue weighted by Gasteiger charge is 2.24. The number of rotatable bonds is 2. The molecule has 1 amide bonds. The van der Waals surface area contributed by atoms with Gasteiger partial charge in [0.25, 0.3) is 5.91 Å². The highest BCUT2D eigenvalue weighted by molar-refractivity contribution is 8.18. The number of amides is 1. The van der Waals surface area contributed by atoms with Crippen molar-refractivity contribution < 1.29 is 4.79 Å². The third-order valence-corrected chi connectivity index (χ3v) is 5.12. The molecule has 1 aliphatic rings. The molecule has 1 fully saturated rings. The van der Waals surface area contributed by atoms with Gasteiger partial charge in [-0.15, -0.1) is 11.3 Å². The normalized spacial score (nSPS) is 18.2. The summed E-state index contributed by atoms with van der Waals surface area (Å²) < 4.78 is 0. The first-order valence-corrected chi connectivity index (χ1v) is 8.58. The fraction of sp³-hybridized carbons (Fsp3) is 0.176. The summed E-state index contributed by atoms with van der Waals surface area (Å²) in [5.41, 5.74) is 3.20. The van der Waals surface area contributed by atoms with Gasteiger partial charge in [-0.2, -0.15) is 0 Å². The number of hydrogen-bond donors (Lipinski definition) is 1. The Labute approximate surface area is 138 Å². The maximum atomic E-state index is 12.0. The molecule has 3 rings (SSSR count). The number of nitrogens with zero attached hydrogens (tertiary/aromatic N) is 1. The van der Waals surface area contributed by atoms with Crippen molar-refractivity contribution in [3.8, 4) is 0 Å². The maximum absolute atomic E-state index is 12.0. The lowest BCUT2D eigenvalue weighted by molar-refractivity contribution is -0.115. The van der Waals surface area contributed by atoms with Crippen molar-refractivity contribution in [3.05, 3.63) is 56.1 Å². The Kier molecular flexibility index (Phi) is 4.18. The standard InChI is InChI=1S/C17H16N2OS2/c1-10-4-7-14(11(2)8-10)18-17-19-16(20)15(22-17)9-13-6-5-12(3)21-13/h4-9H,1-3H3,(H,18,19,20)/b15-9-. The van der Waals surface area contributed by atoms with E-state index < -0.39 is 0 Å². The average Bonchev–Trinajstić information content (AvgIpc) is 3.00. The van der Waals surface area contributed by atoms with Gasteiger partial charge in [-0.25, -0.2) is 4.99 Å². The van der Waals surface area contributed by atoms with Crippen LogP contribution in [0.4, 0.5) is 5.69 Å². The summed E-state index contributed by atoms with van der Waals surface area (Å²) in [5.74, 6) is -0.0837. The van der Waals surface area contributed by atoms with Crippen LogP contribution in [-0.2, 0) is 4.79 Å². The van der Waals surface area contributed by atoms with Crippen LogP contribution in [0.25, 0.3) is 6.08 Å². The Balaban J connectivity index is 1.85. The maximum Gasteiger partial charge on any atom is 0.264 e. The summed E-state index contributed by atoms with van der Waals surface area (Å²) in [6, 6.07) is 10.2. The van der Waals surface area contributed by atoms with Crippen molar-refractivity contribution in [1.82, 2.24) is 5.32 Å². The third kappa shape index (κ3) is 3.31. The molecular weight excluding hydrogens is 312 g/mol. The summed E-state index contributed by atoms with van der Waals surface area (Å²) in [7, 11) is 0. The van der Waals surface area contributed by atoms with E-state index in [9.17, 15) is 4.79 Å². The lowest BCUT2D eigenvalue weighted by Crippen LogP contribution is -2.19. The molecule has 2 heterocycles. The second-order valence-corrected chi connectivity index (χ2v) is 7.57. The van der Waals surface area contributed by atoms with Gasteiger partial charge < -0.3 is 5.32 Å². The number of amidine groups is 1. The predicted molar refractivity (Wildman–Crippen MR) is 95.8 cm³/mol. The van der Waals surface area contributed by atoms with E-state index in [2.05, 4.69) is 36.3 Å². The number of thiophene rings is 1. The summed E-state index contributed by atoms with van der Waals surface area (Å²) >= 11 is 3.06. The monoisotopic (exact) mass is 328 g/mol. The van der Waals surface area contributed by atoms with E-state index in [1.54, 1.807) is 11.3 Å². The molecule has 0 unspecified atom stereocenters. The molecule has 1 N–H and O–H groups in total. The zero-order valence-corrected chi connectivity index (χ0v) is 14.3. The van der Waals surface area contributed by atoms with Gasteiger partial charge in [0.15, 0.2) is 5.17 Å². The van der Waals surface area contributed by atoms with E-state index in [1.165, 1.54) is 22.2 Å². The lowest BCUT2D eigenvalue weighted by atomic mass is 10.1. The van der Waals surface area contributed by atoms with E-state index in [1.807, 2.05) is 31.2 Å². The molecule has 5 heteroatoms. The summed E-state index contributed by atoms with van der Waals surface area (Å²) in [5, 5.41) is 3.47. The predicted octanol–water partition coefficient (Wildman–Crippen LogP) is 4.56. The molecule has 0 spiro atoms. The van der Waals surface area contributed by atoms with Crippen LogP contribution in [-0.4, -0.2) is 11.1 Å². The highest BCUT2D eigenvalue weighted by atomic mass is 32.2. The van der Waals surface area contributed by atoms with Crippen LogP contribution in [0, 0.1) is 20.8 Å². The Morgan fingerprint density at radius 1 is 1.14 bits per heavy atom. The number of hydrogen-bond acceptors (Lipinski definition) is 4. The molecule has 0 radical (unpaired) electrons. The van der Waals surface area contributed by atoms with Gasteiger partial charge in [-0.1, -0.05) is 17.7 Å². The molecule has 1 aromatic heterocycles. The van der Waals surface area contributed by atoms with Gasteiger partial charge >= 0.3 is 0 Å². The molecule has 112 valence electrons. The van der Waals surface area contributed by atoms with Crippen molar-refractivity contribution in [2.45, 2.75) is 20.8 Å². The zero-order chi connectivity index (χ0) is 15.7. The number of aliphatic imine (C=N–C) groups is 1. The minimum absolute atomic E-state index is 0.0837. The van der Waals surface area contributed by atoms with Crippen molar-refractivity contribution in [3.63, 3.8) is 0 Å². The Morgan fingerprint density at radius 2 is 1.95 bits per heavy atom. The smallest absolute Gasteiger partial charge is 0.264 e. The first kappa shape index (κ1) is 15.1. The molecule has 1 saturated heterocycles. The van der Waals surface area contributed by atoms with Crippen LogP contribution < -0.4 is 5.32 Å². The topological polar surface area (TPSA) is 41.5 Å². The number of benzene rings is 1. The van der Waals surface area contributed by atoms with Gasteiger partial charge in [0.05, 0.1) is 10.6 Å². The number of carbonyl (C=O) groups excluding carboxylic acids is 1. The fourth-order valence-electron chi connectivity index (χ4n) is 2.18. The molecule has 0 aliphatic carbocycles. The van der Waals surface area contributed by atoms with E-state index in [0.717, 1.165) is 16.1 Å². The second kappa shape index (κ2) is 6.10. The van der Waals surface area contributed by atoms with Crippen LogP contribution in [0.2, 0.25) is 0 Å². The second-order valence-electron chi connectivity index (χ2n) is 5.22. The summed E-state index contributed by atoms with van der Waals surface area (Å²) in [6.07, 6.45) is 1.92.